The highest BCUT2D eigenvalue weighted by Crippen LogP contribution is 2.37. The molecule has 0 fully saturated rings. The molecule has 0 spiro atoms. The Hall–Kier alpha value is -3.19. The van der Waals surface area contributed by atoms with Gasteiger partial charge in [-0.25, -0.2) is 5.43 Å². The number of methoxy groups -OCH3 is 2. The molecule has 1 amide bonds. The Bertz CT molecular complexity index is 1250. The molecule has 11 heteroatoms. The molecule has 0 unspecified atom stereocenters. The molecular formula is C23H19BrIN3O6. The third-order valence-electron chi connectivity index (χ3n) is 4.55. The van der Waals surface area contributed by atoms with Gasteiger partial charge in [0, 0.05) is 17.7 Å². The first-order valence-corrected chi connectivity index (χ1v) is 11.6. The summed E-state index contributed by atoms with van der Waals surface area (Å²) in [4.78, 5) is 22.9. The average Bonchev–Trinajstić information content (AvgIpc) is 2.83. The lowest BCUT2D eigenvalue weighted by molar-refractivity contribution is -0.384. The number of nitrogens with zero attached hydrogens (tertiary/aromatic N) is 2. The molecule has 3 aromatic rings. The zero-order valence-corrected chi connectivity index (χ0v) is 21.8. The van der Waals surface area contributed by atoms with E-state index >= 15 is 0 Å². The Labute approximate surface area is 217 Å². The number of nitro benzene ring substituents is 1. The van der Waals surface area contributed by atoms with E-state index in [-0.39, 0.29) is 18.2 Å². The molecule has 0 aliphatic heterocycles. The van der Waals surface area contributed by atoms with Crippen LogP contribution in [0, 0.1) is 13.7 Å². The molecule has 3 aromatic carbocycles. The molecular weight excluding hydrogens is 621 g/mol. The topological polar surface area (TPSA) is 112 Å². The molecule has 0 bridgehead atoms. The van der Waals surface area contributed by atoms with Gasteiger partial charge >= 0.3 is 0 Å². The van der Waals surface area contributed by atoms with E-state index in [1.54, 1.807) is 49.6 Å². The Balaban J connectivity index is 1.70. The van der Waals surface area contributed by atoms with Crippen molar-refractivity contribution in [2.75, 3.05) is 14.2 Å². The van der Waals surface area contributed by atoms with Crippen molar-refractivity contribution in [2.45, 2.75) is 6.61 Å². The normalized spacial score (nSPS) is 10.7. The summed E-state index contributed by atoms with van der Waals surface area (Å²) in [6.07, 6.45) is 1.47. The number of nitro groups is 1. The zero-order chi connectivity index (χ0) is 24.7. The molecule has 34 heavy (non-hydrogen) atoms. The number of nitrogens with one attached hydrogen (secondary N) is 1. The fourth-order valence-electron chi connectivity index (χ4n) is 2.90. The Morgan fingerprint density at radius 2 is 1.91 bits per heavy atom. The first kappa shape index (κ1) is 25.4. The fourth-order valence-corrected chi connectivity index (χ4v) is 4.03. The van der Waals surface area contributed by atoms with Crippen molar-refractivity contribution in [2.24, 2.45) is 5.10 Å². The van der Waals surface area contributed by atoms with Gasteiger partial charge in [0.05, 0.1) is 33.4 Å². The number of non-ortho nitro benzene ring substituents is 1. The summed E-state index contributed by atoms with van der Waals surface area (Å²) in [5, 5.41) is 15.0. The highest BCUT2D eigenvalue weighted by molar-refractivity contribution is 14.1. The van der Waals surface area contributed by atoms with Crippen molar-refractivity contribution < 1.29 is 23.9 Å². The minimum Gasteiger partial charge on any atom is -0.496 e. The summed E-state index contributed by atoms with van der Waals surface area (Å²) in [5.74, 6) is 1.08. The first-order chi connectivity index (χ1) is 16.3. The number of ether oxygens (including phenoxy) is 3. The van der Waals surface area contributed by atoms with Crippen LogP contribution in [0.3, 0.4) is 0 Å². The van der Waals surface area contributed by atoms with E-state index in [1.165, 1.54) is 25.5 Å². The van der Waals surface area contributed by atoms with Crippen molar-refractivity contribution in [1.82, 2.24) is 5.43 Å². The maximum atomic E-state index is 12.4. The van der Waals surface area contributed by atoms with E-state index in [4.69, 9.17) is 14.2 Å². The summed E-state index contributed by atoms with van der Waals surface area (Å²) >= 11 is 5.58. The smallest absolute Gasteiger partial charge is 0.271 e. The molecule has 9 nitrogen and oxygen atoms in total. The number of halogens is 2. The van der Waals surface area contributed by atoms with Gasteiger partial charge in [-0.15, -0.1) is 0 Å². The third-order valence-corrected chi connectivity index (χ3v) is 6.03. The van der Waals surface area contributed by atoms with E-state index in [2.05, 4.69) is 49.0 Å². The first-order valence-electron chi connectivity index (χ1n) is 9.73. The molecule has 0 radical (unpaired) electrons. The molecule has 0 aromatic heterocycles. The van der Waals surface area contributed by atoms with Crippen LogP contribution < -0.4 is 19.6 Å². The second-order valence-electron chi connectivity index (χ2n) is 6.80. The Morgan fingerprint density at radius 1 is 1.15 bits per heavy atom. The van der Waals surface area contributed by atoms with Crippen LogP contribution in [0.4, 0.5) is 5.69 Å². The van der Waals surface area contributed by atoms with Gasteiger partial charge in [0.1, 0.15) is 12.4 Å². The Kier molecular flexibility index (Phi) is 8.82. The lowest BCUT2D eigenvalue weighted by Gasteiger charge is -2.13. The minimum atomic E-state index is -0.456. The number of carbonyl (C=O) groups is 1. The summed E-state index contributed by atoms with van der Waals surface area (Å²) in [5.41, 5.74) is 4.17. The van der Waals surface area contributed by atoms with E-state index in [0.29, 0.717) is 38.4 Å². The van der Waals surface area contributed by atoms with Crippen molar-refractivity contribution >= 4 is 56.3 Å². The lowest BCUT2D eigenvalue weighted by atomic mass is 10.2. The third kappa shape index (κ3) is 6.44. The largest absolute Gasteiger partial charge is 0.496 e. The van der Waals surface area contributed by atoms with Crippen LogP contribution >= 0.6 is 38.5 Å². The van der Waals surface area contributed by atoms with E-state index in [1.807, 2.05) is 0 Å². The van der Waals surface area contributed by atoms with Crippen LogP contribution in [0.15, 0.2) is 64.2 Å². The predicted molar refractivity (Wildman–Crippen MR) is 139 cm³/mol. The number of hydrogen-bond acceptors (Lipinski definition) is 7. The highest BCUT2D eigenvalue weighted by Gasteiger charge is 2.13. The molecule has 0 heterocycles. The van der Waals surface area contributed by atoms with Crippen molar-refractivity contribution in [1.29, 1.82) is 0 Å². The monoisotopic (exact) mass is 639 g/mol. The highest BCUT2D eigenvalue weighted by atomic mass is 127. The van der Waals surface area contributed by atoms with Crippen molar-refractivity contribution in [3.05, 3.63) is 89.4 Å². The van der Waals surface area contributed by atoms with Gasteiger partial charge in [-0.3, -0.25) is 14.9 Å². The van der Waals surface area contributed by atoms with Gasteiger partial charge in [0.25, 0.3) is 11.6 Å². The van der Waals surface area contributed by atoms with Gasteiger partial charge in [0.15, 0.2) is 11.5 Å². The fraction of sp³-hybridized carbons (Fsp3) is 0.130. The van der Waals surface area contributed by atoms with Crippen LogP contribution in [0.2, 0.25) is 0 Å². The van der Waals surface area contributed by atoms with Crippen LogP contribution in [-0.2, 0) is 6.61 Å². The van der Waals surface area contributed by atoms with Gasteiger partial charge in [0.2, 0.25) is 0 Å². The maximum absolute atomic E-state index is 12.4. The standard InChI is InChI=1S/C23H19BrIN3O6/c1-32-20-11-16(6-7-19(20)25)23(29)27-26-12-15-9-18(24)22(21(10-15)33-2)34-13-14-4-3-5-17(8-14)28(30)31/h3-12H,13H2,1-2H3,(H,27,29)/b26-12-. The molecule has 0 saturated carbocycles. The second-order valence-corrected chi connectivity index (χ2v) is 8.81. The van der Waals surface area contributed by atoms with E-state index in [0.717, 1.165) is 3.57 Å². The zero-order valence-electron chi connectivity index (χ0n) is 18.1. The van der Waals surface area contributed by atoms with E-state index < -0.39 is 4.92 Å². The minimum absolute atomic E-state index is 0.00980. The molecule has 0 aliphatic rings. The number of benzene rings is 3. The average molecular weight is 640 g/mol. The second kappa shape index (κ2) is 11.8. The molecule has 0 saturated heterocycles. The summed E-state index contributed by atoms with van der Waals surface area (Å²) in [6, 6.07) is 14.7. The van der Waals surface area contributed by atoms with Gasteiger partial charge < -0.3 is 14.2 Å². The van der Waals surface area contributed by atoms with Crippen molar-refractivity contribution in [3.63, 3.8) is 0 Å². The quantitative estimate of drug-likeness (QED) is 0.147. The molecule has 1 N–H and O–H groups in total. The summed E-state index contributed by atoms with van der Waals surface area (Å²) in [6.45, 7) is 0.111. The Morgan fingerprint density at radius 3 is 2.62 bits per heavy atom. The molecule has 0 aliphatic carbocycles. The SMILES string of the molecule is COc1cc(C(=O)N/N=C\c2cc(Br)c(OCc3cccc([N+](=O)[O-])c3)c(OC)c2)ccc1I. The lowest BCUT2D eigenvalue weighted by Crippen LogP contribution is -2.17. The number of rotatable bonds is 9. The molecule has 0 atom stereocenters. The van der Waals surface area contributed by atoms with Crippen LogP contribution in [0.5, 0.6) is 17.2 Å². The predicted octanol–water partition coefficient (Wildman–Crippen LogP) is 5.32. The molecule has 176 valence electrons. The molecule has 3 rings (SSSR count). The van der Waals surface area contributed by atoms with E-state index in [9.17, 15) is 14.9 Å². The van der Waals surface area contributed by atoms with Gasteiger partial charge in [-0.1, -0.05) is 12.1 Å². The van der Waals surface area contributed by atoms with Crippen LogP contribution in [-0.4, -0.2) is 31.3 Å². The van der Waals surface area contributed by atoms with Crippen LogP contribution in [0.25, 0.3) is 0 Å². The summed E-state index contributed by atoms with van der Waals surface area (Å²) < 4.78 is 18.0. The van der Waals surface area contributed by atoms with Gasteiger partial charge in [-0.05, 0) is 80.0 Å². The number of hydrogen-bond donors (Lipinski definition) is 1. The number of hydrazone groups is 1. The van der Waals surface area contributed by atoms with Crippen LogP contribution in [0.1, 0.15) is 21.5 Å². The van der Waals surface area contributed by atoms with Gasteiger partial charge in [-0.2, -0.15) is 5.10 Å². The number of carbonyl (C=O) groups excluding carboxylic acids is 1. The number of amides is 1. The summed E-state index contributed by atoms with van der Waals surface area (Å²) in [7, 11) is 3.04. The maximum Gasteiger partial charge on any atom is 0.271 e. The van der Waals surface area contributed by atoms with Crippen molar-refractivity contribution in [3.8, 4) is 17.2 Å².